The summed E-state index contributed by atoms with van der Waals surface area (Å²) in [5.41, 5.74) is 2.85. The fourth-order valence-electron chi connectivity index (χ4n) is 2.11. The smallest absolute Gasteiger partial charge is 0.270 e. The van der Waals surface area contributed by atoms with Gasteiger partial charge in [-0.15, -0.1) is 0 Å². The van der Waals surface area contributed by atoms with Crippen LogP contribution in [-0.2, 0) is 6.54 Å². The van der Waals surface area contributed by atoms with Crippen LogP contribution in [0.2, 0.25) is 0 Å². The number of hydrogen-bond donors (Lipinski definition) is 2. The maximum Gasteiger partial charge on any atom is 0.270 e. The molecule has 0 unspecified atom stereocenters. The first-order valence-corrected chi connectivity index (χ1v) is 7.68. The number of hydrogen-bond acceptors (Lipinski definition) is 3. The minimum Gasteiger partial charge on any atom is -0.352 e. The van der Waals surface area contributed by atoms with Crippen molar-refractivity contribution in [2.24, 2.45) is 0 Å². The Morgan fingerprint density at radius 2 is 1.87 bits per heavy atom. The Morgan fingerprint density at radius 3 is 2.61 bits per heavy atom. The van der Waals surface area contributed by atoms with Gasteiger partial charge < -0.3 is 10.6 Å². The molecule has 1 aromatic heterocycles. The van der Waals surface area contributed by atoms with Crippen LogP contribution in [0.1, 0.15) is 45.3 Å². The van der Waals surface area contributed by atoms with E-state index in [-0.39, 0.29) is 17.5 Å². The van der Waals surface area contributed by atoms with Crippen LogP contribution >= 0.6 is 0 Å². The Kier molecular flexibility index (Phi) is 5.86. The predicted molar refractivity (Wildman–Crippen MR) is 89.2 cm³/mol. The van der Waals surface area contributed by atoms with Crippen LogP contribution in [0, 0.1) is 6.92 Å². The van der Waals surface area contributed by atoms with Gasteiger partial charge in [-0.25, -0.2) is 0 Å². The van der Waals surface area contributed by atoms with Gasteiger partial charge in [0.2, 0.25) is 0 Å². The van der Waals surface area contributed by atoms with Gasteiger partial charge >= 0.3 is 0 Å². The number of rotatable bonds is 6. The van der Waals surface area contributed by atoms with Gasteiger partial charge in [-0.1, -0.05) is 31.2 Å². The molecule has 120 valence electrons. The fraction of sp³-hybridized carbons (Fsp3) is 0.278. The van der Waals surface area contributed by atoms with Crippen LogP contribution in [0.5, 0.6) is 0 Å². The Bertz CT molecular complexity index is 698. The van der Waals surface area contributed by atoms with E-state index in [0.717, 1.165) is 17.5 Å². The second kappa shape index (κ2) is 8.08. The van der Waals surface area contributed by atoms with Gasteiger partial charge in [0.15, 0.2) is 0 Å². The molecule has 5 heteroatoms. The first-order chi connectivity index (χ1) is 11.1. The molecule has 0 saturated carbocycles. The summed E-state index contributed by atoms with van der Waals surface area (Å²) in [6.45, 7) is 5.02. The van der Waals surface area contributed by atoms with E-state index in [1.54, 1.807) is 6.07 Å². The van der Waals surface area contributed by atoms with Crippen molar-refractivity contribution >= 4 is 11.8 Å². The average molecular weight is 311 g/mol. The van der Waals surface area contributed by atoms with Gasteiger partial charge in [0.05, 0.1) is 0 Å². The first kappa shape index (κ1) is 16.7. The zero-order chi connectivity index (χ0) is 16.7. The maximum atomic E-state index is 12.2. The molecule has 1 heterocycles. The highest BCUT2D eigenvalue weighted by Crippen LogP contribution is 2.07. The van der Waals surface area contributed by atoms with Crippen LogP contribution in [0.15, 0.2) is 42.6 Å². The van der Waals surface area contributed by atoms with Crippen molar-refractivity contribution in [3.05, 3.63) is 65.0 Å². The van der Waals surface area contributed by atoms with Crippen molar-refractivity contribution in [3.63, 3.8) is 0 Å². The number of pyridine rings is 1. The molecule has 0 aliphatic carbocycles. The van der Waals surface area contributed by atoms with Gasteiger partial charge in [0, 0.05) is 24.8 Å². The molecular formula is C18H21N3O2. The van der Waals surface area contributed by atoms with Crippen molar-refractivity contribution in [1.29, 1.82) is 0 Å². The molecule has 2 amide bonds. The molecule has 2 N–H and O–H groups in total. The Morgan fingerprint density at radius 1 is 1.09 bits per heavy atom. The number of benzene rings is 1. The van der Waals surface area contributed by atoms with E-state index in [2.05, 4.69) is 15.6 Å². The summed E-state index contributed by atoms with van der Waals surface area (Å²) in [6.07, 6.45) is 2.34. The molecule has 1 aromatic carbocycles. The largest absolute Gasteiger partial charge is 0.352 e. The number of carbonyl (C=O) groups excluding carboxylic acids is 2. The third kappa shape index (κ3) is 4.64. The lowest BCUT2D eigenvalue weighted by Gasteiger charge is -2.08. The topological polar surface area (TPSA) is 71.1 Å². The number of nitrogens with one attached hydrogen (secondary N) is 2. The van der Waals surface area contributed by atoms with Crippen molar-refractivity contribution in [2.45, 2.75) is 26.8 Å². The molecule has 0 fully saturated rings. The maximum absolute atomic E-state index is 12.2. The number of aryl methyl sites for hydroxylation is 1. The standard InChI is InChI=1S/C18H21N3O2/c1-3-9-20-17(22)14-8-10-19-16(11-14)18(23)21-12-15-7-5-4-6-13(15)2/h4-8,10-11H,3,9,12H2,1-2H3,(H,20,22)(H,21,23). The molecule has 0 aliphatic heterocycles. The summed E-state index contributed by atoms with van der Waals surface area (Å²) in [7, 11) is 0. The van der Waals surface area contributed by atoms with E-state index in [0.29, 0.717) is 18.7 Å². The molecule has 0 bridgehead atoms. The SMILES string of the molecule is CCCNC(=O)c1ccnc(C(=O)NCc2ccccc2C)c1. The minimum atomic E-state index is -0.293. The van der Waals surface area contributed by atoms with E-state index < -0.39 is 0 Å². The summed E-state index contributed by atoms with van der Waals surface area (Å²) in [4.78, 5) is 28.2. The van der Waals surface area contributed by atoms with Crippen LogP contribution in [-0.4, -0.2) is 23.3 Å². The summed E-state index contributed by atoms with van der Waals surface area (Å²) < 4.78 is 0. The first-order valence-electron chi connectivity index (χ1n) is 7.68. The Hall–Kier alpha value is -2.69. The van der Waals surface area contributed by atoms with E-state index in [4.69, 9.17) is 0 Å². The lowest BCUT2D eigenvalue weighted by Crippen LogP contribution is -2.26. The third-order valence-corrected chi connectivity index (χ3v) is 3.49. The molecule has 0 atom stereocenters. The van der Waals surface area contributed by atoms with Gasteiger partial charge in [-0.3, -0.25) is 14.6 Å². The zero-order valence-electron chi connectivity index (χ0n) is 13.4. The highest BCUT2D eigenvalue weighted by molar-refractivity contribution is 5.98. The van der Waals surface area contributed by atoms with Crippen molar-refractivity contribution < 1.29 is 9.59 Å². The lowest BCUT2D eigenvalue weighted by atomic mass is 10.1. The summed E-state index contributed by atoms with van der Waals surface area (Å²) in [5, 5.41) is 5.61. The number of aromatic nitrogens is 1. The summed E-state index contributed by atoms with van der Waals surface area (Å²) in [5.74, 6) is -0.486. The van der Waals surface area contributed by atoms with Crippen LogP contribution in [0.25, 0.3) is 0 Å². The zero-order valence-corrected chi connectivity index (χ0v) is 13.4. The highest BCUT2D eigenvalue weighted by Gasteiger charge is 2.11. The minimum absolute atomic E-state index is 0.192. The normalized spacial score (nSPS) is 10.2. The van der Waals surface area contributed by atoms with Crippen LogP contribution in [0.4, 0.5) is 0 Å². The van der Waals surface area contributed by atoms with E-state index in [1.165, 1.54) is 12.3 Å². The average Bonchev–Trinajstić information content (AvgIpc) is 2.58. The van der Waals surface area contributed by atoms with Crippen LogP contribution in [0.3, 0.4) is 0 Å². The van der Waals surface area contributed by atoms with E-state index >= 15 is 0 Å². The molecule has 0 spiro atoms. The number of carbonyl (C=O) groups is 2. The molecule has 0 saturated heterocycles. The molecule has 2 aromatic rings. The Labute approximate surface area is 136 Å². The molecule has 5 nitrogen and oxygen atoms in total. The number of amides is 2. The van der Waals surface area contributed by atoms with E-state index in [9.17, 15) is 9.59 Å². The van der Waals surface area contributed by atoms with Gasteiger partial charge in [0.25, 0.3) is 11.8 Å². The second-order valence-electron chi connectivity index (χ2n) is 5.29. The van der Waals surface area contributed by atoms with Gasteiger partial charge in [0.1, 0.15) is 5.69 Å². The second-order valence-corrected chi connectivity index (χ2v) is 5.29. The molecule has 0 radical (unpaired) electrons. The van der Waals surface area contributed by atoms with E-state index in [1.807, 2.05) is 38.1 Å². The molecule has 2 rings (SSSR count). The van der Waals surface area contributed by atoms with Crippen molar-refractivity contribution in [3.8, 4) is 0 Å². The predicted octanol–water partition coefficient (Wildman–Crippen LogP) is 2.46. The molecule has 0 aliphatic rings. The van der Waals surface area contributed by atoms with Crippen molar-refractivity contribution in [2.75, 3.05) is 6.54 Å². The van der Waals surface area contributed by atoms with Crippen molar-refractivity contribution in [1.82, 2.24) is 15.6 Å². The Balaban J connectivity index is 2.02. The number of nitrogens with zero attached hydrogens (tertiary/aromatic N) is 1. The summed E-state index contributed by atoms with van der Waals surface area (Å²) >= 11 is 0. The third-order valence-electron chi connectivity index (χ3n) is 3.49. The molecule has 23 heavy (non-hydrogen) atoms. The monoisotopic (exact) mass is 311 g/mol. The van der Waals surface area contributed by atoms with Gasteiger partial charge in [-0.05, 0) is 36.6 Å². The quantitative estimate of drug-likeness (QED) is 0.861. The fourth-order valence-corrected chi connectivity index (χ4v) is 2.11. The van der Waals surface area contributed by atoms with Gasteiger partial charge in [-0.2, -0.15) is 0 Å². The highest BCUT2D eigenvalue weighted by atomic mass is 16.2. The lowest BCUT2D eigenvalue weighted by molar-refractivity contribution is 0.0946. The van der Waals surface area contributed by atoms with Crippen LogP contribution < -0.4 is 10.6 Å². The molecular weight excluding hydrogens is 290 g/mol. The summed E-state index contributed by atoms with van der Waals surface area (Å²) in [6, 6.07) is 11.0.